The summed E-state index contributed by atoms with van der Waals surface area (Å²) in [6.07, 6.45) is 1.42. The van der Waals surface area contributed by atoms with Crippen molar-refractivity contribution in [2.24, 2.45) is 5.73 Å². The molecule has 9 nitrogen and oxygen atoms in total. The van der Waals surface area contributed by atoms with E-state index in [1.165, 1.54) is 4.90 Å². The average Bonchev–Trinajstić information content (AvgIpc) is 3.21. The first-order chi connectivity index (χ1) is 13.6. The maximum Gasteiger partial charge on any atom is 0.416 e. The molecular weight excluding hydrogens is 371 g/mol. The zero-order valence-corrected chi connectivity index (χ0v) is 15.3. The summed E-state index contributed by atoms with van der Waals surface area (Å²) in [6, 6.07) is 4.92. The number of nitrogens with zero attached hydrogens (tertiary/aromatic N) is 3. The van der Waals surface area contributed by atoms with Crippen LogP contribution < -0.4 is 20.1 Å². The molecule has 0 unspecified atom stereocenters. The van der Waals surface area contributed by atoms with Gasteiger partial charge in [0.2, 0.25) is 6.41 Å². The molecule has 150 valence electrons. The third kappa shape index (κ3) is 3.71. The third-order valence-corrected chi connectivity index (χ3v) is 4.24. The Hall–Kier alpha value is -3.30. The van der Waals surface area contributed by atoms with E-state index in [4.69, 9.17) is 19.0 Å². The lowest BCUT2D eigenvalue weighted by Crippen LogP contribution is -2.35. The number of amides is 2. The minimum atomic E-state index is -0.675. The molecule has 28 heavy (non-hydrogen) atoms. The highest BCUT2D eigenvalue weighted by Crippen LogP contribution is 2.36. The van der Waals surface area contributed by atoms with Crippen molar-refractivity contribution in [1.29, 1.82) is 0 Å². The monoisotopic (exact) mass is 392 g/mol. The molecule has 1 atom stereocenters. The van der Waals surface area contributed by atoms with Crippen LogP contribution in [0, 0.1) is 0 Å². The summed E-state index contributed by atoms with van der Waals surface area (Å²) in [7, 11) is 0. The van der Waals surface area contributed by atoms with Crippen LogP contribution in [0.3, 0.4) is 0 Å². The molecule has 1 aromatic carbocycles. The van der Waals surface area contributed by atoms with Crippen LogP contribution in [0.15, 0.2) is 24.4 Å². The number of alkyl halides is 1. The number of imidazole rings is 1. The van der Waals surface area contributed by atoms with E-state index in [9.17, 15) is 9.18 Å². The maximum absolute atomic E-state index is 13.2. The van der Waals surface area contributed by atoms with Crippen molar-refractivity contribution in [3.63, 3.8) is 0 Å². The number of hydrogen-bond donors (Lipinski definition) is 1. The molecule has 0 bridgehead atoms. The van der Waals surface area contributed by atoms with Crippen LogP contribution in [-0.2, 0) is 16.1 Å². The fraction of sp³-hybridized carbons (Fsp3) is 0.389. The number of cyclic esters (lactones) is 1. The summed E-state index contributed by atoms with van der Waals surface area (Å²) in [5, 5.41) is 0. The zero-order chi connectivity index (χ0) is 20.1. The van der Waals surface area contributed by atoms with Crippen molar-refractivity contribution in [3.8, 4) is 22.9 Å². The summed E-state index contributed by atoms with van der Waals surface area (Å²) in [5.41, 5.74) is 4.97. The zero-order valence-electron chi connectivity index (χ0n) is 15.3. The molecule has 0 radical (unpaired) electrons. The van der Waals surface area contributed by atoms with Gasteiger partial charge in [-0.05, 0) is 19.1 Å². The van der Waals surface area contributed by atoms with E-state index in [1.54, 1.807) is 6.20 Å². The first-order valence-electron chi connectivity index (χ1n) is 8.77. The number of aromatic nitrogens is 2. The van der Waals surface area contributed by atoms with Gasteiger partial charge in [-0.2, -0.15) is 0 Å². The highest BCUT2D eigenvalue weighted by Gasteiger charge is 2.36. The van der Waals surface area contributed by atoms with Gasteiger partial charge in [-0.3, -0.25) is 9.69 Å². The van der Waals surface area contributed by atoms with Crippen molar-refractivity contribution in [2.45, 2.75) is 19.5 Å². The van der Waals surface area contributed by atoms with Crippen molar-refractivity contribution in [3.05, 3.63) is 24.4 Å². The molecule has 0 spiro atoms. The van der Waals surface area contributed by atoms with Gasteiger partial charge in [0.05, 0.1) is 18.7 Å². The number of fused-ring (bicyclic) bond motifs is 3. The normalized spacial score (nSPS) is 17.3. The number of nitrogens with two attached hydrogens (primary N) is 1. The number of anilines is 1. The van der Waals surface area contributed by atoms with Crippen LogP contribution in [0.5, 0.6) is 11.5 Å². The van der Waals surface area contributed by atoms with Crippen LogP contribution in [0.2, 0.25) is 0 Å². The maximum atomic E-state index is 13.2. The van der Waals surface area contributed by atoms with Crippen LogP contribution in [0.1, 0.15) is 6.92 Å². The Balaban J connectivity index is 0.000000706. The lowest BCUT2D eigenvalue weighted by atomic mass is 10.2. The predicted molar refractivity (Wildman–Crippen MR) is 98.2 cm³/mol. The number of carbonyl (C=O) groups is 2. The van der Waals surface area contributed by atoms with E-state index in [0.29, 0.717) is 37.2 Å². The minimum Gasteiger partial charge on any atom is -0.494 e. The lowest BCUT2D eigenvalue weighted by molar-refractivity contribution is -0.106. The molecular formula is C18H21FN4O5. The second-order valence-electron chi connectivity index (χ2n) is 5.95. The van der Waals surface area contributed by atoms with Gasteiger partial charge in [0.1, 0.15) is 43.3 Å². The van der Waals surface area contributed by atoms with Gasteiger partial charge in [-0.15, -0.1) is 0 Å². The number of hydrogen-bond acceptors (Lipinski definition) is 6. The second-order valence-corrected chi connectivity index (χ2v) is 5.95. The van der Waals surface area contributed by atoms with Gasteiger partial charge in [0.15, 0.2) is 5.82 Å². The highest BCUT2D eigenvalue weighted by atomic mass is 19.1. The molecule has 0 aliphatic carbocycles. The molecule has 2 N–H and O–H groups in total. The van der Waals surface area contributed by atoms with Gasteiger partial charge in [0, 0.05) is 12.3 Å². The Kier molecular flexibility index (Phi) is 5.97. The number of halogens is 1. The number of benzene rings is 1. The molecule has 2 aliphatic heterocycles. The van der Waals surface area contributed by atoms with E-state index >= 15 is 0 Å². The molecule has 10 heteroatoms. The molecule has 2 aromatic rings. The van der Waals surface area contributed by atoms with Crippen molar-refractivity contribution < 1.29 is 28.2 Å². The minimum absolute atomic E-state index is 0.0366. The smallest absolute Gasteiger partial charge is 0.416 e. The van der Waals surface area contributed by atoms with E-state index in [2.05, 4.69) is 10.7 Å². The van der Waals surface area contributed by atoms with Gasteiger partial charge in [0.25, 0.3) is 0 Å². The first-order valence-corrected chi connectivity index (χ1v) is 8.77. The number of carbonyl (C=O) groups excluding carboxylic acids is 2. The molecule has 2 amide bonds. The van der Waals surface area contributed by atoms with Crippen molar-refractivity contribution in [1.82, 2.24) is 9.55 Å². The molecule has 1 aromatic heterocycles. The predicted octanol–water partition coefficient (Wildman–Crippen LogP) is 1.74. The Morgan fingerprint density at radius 3 is 2.93 bits per heavy atom. The van der Waals surface area contributed by atoms with E-state index < -0.39 is 18.8 Å². The largest absolute Gasteiger partial charge is 0.494 e. The Labute approximate surface area is 160 Å². The summed E-state index contributed by atoms with van der Waals surface area (Å²) in [5.74, 6) is 2.46. The van der Waals surface area contributed by atoms with Crippen molar-refractivity contribution in [2.75, 3.05) is 31.4 Å². The fourth-order valence-electron chi connectivity index (χ4n) is 3.08. The first kappa shape index (κ1) is 19.5. The van der Waals surface area contributed by atoms with E-state index in [1.807, 2.05) is 29.7 Å². The SMILES string of the molecule is CCOc1ccc2c(c1)OCCn1cc(N3C(=O)OC[C@H]3CF)nc1-2.NC=O. The third-order valence-electron chi connectivity index (χ3n) is 4.24. The van der Waals surface area contributed by atoms with Gasteiger partial charge in [-0.1, -0.05) is 0 Å². The molecule has 3 heterocycles. The summed E-state index contributed by atoms with van der Waals surface area (Å²) >= 11 is 0. The molecule has 0 saturated carbocycles. The standard InChI is InChI=1S/C17H18FN3O4.CH3NO/c1-2-23-12-3-4-13-14(7-12)24-6-5-20-9-15(19-16(13)20)21-11(8-18)10-25-17(21)22;2-1-3/h3-4,7,9,11H,2,5-6,8,10H2,1H3;1H,(H2,2,3)/t11-;/m1./s1. The Bertz CT molecular complexity index is 856. The molecule has 1 fully saturated rings. The van der Waals surface area contributed by atoms with Crippen LogP contribution in [0.4, 0.5) is 15.0 Å². The Morgan fingerprint density at radius 2 is 2.21 bits per heavy atom. The fourth-order valence-corrected chi connectivity index (χ4v) is 3.08. The summed E-state index contributed by atoms with van der Waals surface area (Å²) in [4.78, 5) is 26.4. The van der Waals surface area contributed by atoms with E-state index in [-0.39, 0.29) is 13.0 Å². The highest BCUT2D eigenvalue weighted by molar-refractivity contribution is 5.89. The number of rotatable bonds is 4. The van der Waals surface area contributed by atoms with Crippen LogP contribution in [-0.4, -0.2) is 54.6 Å². The summed E-state index contributed by atoms with van der Waals surface area (Å²) in [6.45, 7) is 2.88. The topological polar surface area (TPSA) is 109 Å². The summed E-state index contributed by atoms with van der Waals surface area (Å²) < 4.78 is 31.3. The second kappa shape index (κ2) is 8.59. The molecule has 1 saturated heterocycles. The van der Waals surface area contributed by atoms with Gasteiger partial charge >= 0.3 is 6.09 Å². The lowest BCUT2D eigenvalue weighted by Gasteiger charge is -2.15. The quantitative estimate of drug-likeness (QED) is 0.794. The molecule has 2 aliphatic rings. The number of ether oxygens (including phenoxy) is 3. The van der Waals surface area contributed by atoms with Gasteiger partial charge < -0.3 is 24.5 Å². The van der Waals surface area contributed by atoms with Crippen LogP contribution in [0.25, 0.3) is 11.4 Å². The van der Waals surface area contributed by atoms with Crippen molar-refractivity contribution >= 4 is 18.3 Å². The average molecular weight is 392 g/mol. The number of primary amides is 1. The Morgan fingerprint density at radius 1 is 1.43 bits per heavy atom. The molecule has 4 rings (SSSR count). The van der Waals surface area contributed by atoms with Crippen LogP contribution >= 0.6 is 0 Å². The van der Waals surface area contributed by atoms with E-state index in [0.717, 1.165) is 11.3 Å². The van der Waals surface area contributed by atoms with Gasteiger partial charge in [-0.25, -0.2) is 14.2 Å².